The summed E-state index contributed by atoms with van der Waals surface area (Å²) in [5.41, 5.74) is 1.70. The van der Waals surface area contributed by atoms with Crippen LogP contribution in [-0.2, 0) is 11.3 Å². The second-order valence-electron chi connectivity index (χ2n) is 5.52. The van der Waals surface area contributed by atoms with E-state index in [1.165, 1.54) is 0 Å². The third-order valence-corrected chi connectivity index (χ3v) is 4.63. The molecule has 0 saturated carbocycles. The molecule has 1 saturated heterocycles. The number of rotatable bonds is 5. The molecule has 1 fully saturated rings. The number of nitrogens with one attached hydrogen (secondary N) is 1. The van der Waals surface area contributed by atoms with Crippen molar-refractivity contribution in [2.24, 2.45) is 0 Å². The maximum absolute atomic E-state index is 12.4. The molecule has 1 aromatic rings. The van der Waals surface area contributed by atoms with Gasteiger partial charge in [-0.05, 0) is 24.6 Å². The number of thioether (sulfide) groups is 1. The Morgan fingerprint density at radius 3 is 2.45 bits per heavy atom. The van der Waals surface area contributed by atoms with Crippen molar-refractivity contribution in [1.29, 1.82) is 0 Å². The molecule has 0 bridgehead atoms. The van der Waals surface area contributed by atoms with Gasteiger partial charge in [-0.3, -0.25) is 14.9 Å². The van der Waals surface area contributed by atoms with Crippen molar-refractivity contribution in [2.75, 3.05) is 32.3 Å². The Balaban J connectivity index is 2.01. The van der Waals surface area contributed by atoms with Crippen molar-refractivity contribution < 1.29 is 9.59 Å². The molecular weight excluding hydrogens is 298 g/mol. The van der Waals surface area contributed by atoms with Crippen molar-refractivity contribution in [3.63, 3.8) is 0 Å². The van der Waals surface area contributed by atoms with Crippen molar-refractivity contribution in [3.8, 4) is 0 Å². The van der Waals surface area contributed by atoms with Gasteiger partial charge in [-0.2, -0.15) is 0 Å². The van der Waals surface area contributed by atoms with Gasteiger partial charge in [0.05, 0.1) is 6.04 Å². The smallest absolute Gasteiger partial charge is 0.253 e. The standard InChI is InChI=1S/C16H23N3O2S/c1-4-19(16(21)14-10-22-11-17-14)9-12-5-7-13(8-6-12)15(20)18(2)3/h5-8,14,17H,4,9-11H2,1-3H3. The number of carbonyl (C=O) groups excluding carboxylic acids is 2. The number of hydrogen-bond acceptors (Lipinski definition) is 4. The van der Waals surface area contributed by atoms with Crippen molar-refractivity contribution >= 4 is 23.6 Å². The molecule has 5 nitrogen and oxygen atoms in total. The average molecular weight is 321 g/mol. The maximum Gasteiger partial charge on any atom is 0.253 e. The number of benzene rings is 1. The molecule has 0 radical (unpaired) electrons. The van der Waals surface area contributed by atoms with E-state index in [1.807, 2.05) is 36.1 Å². The van der Waals surface area contributed by atoms with Crippen LogP contribution in [0, 0.1) is 0 Å². The van der Waals surface area contributed by atoms with Gasteiger partial charge in [0.25, 0.3) is 5.91 Å². The molecule has 0 spiro atoms. The largest absolute Gasteiger partial charge is 0.345 e. The highest BCUT2D eigenvalue weighted by molar-refractivity contribution is 7.99. The van der Waals surface area contributed by atoms with Gasteiger partial charge in [0.2, 0.25) is 5.91 Å². The second-order valence-corrected chi connectivity index (χ2v) is 6.55. The molecular formula is C16H23N3O2S. The lowest BCUT2D eigenvalue weighted by atomic mass is 10.1. The van der Waals surface area contributed by atoms with E-state index in [-0.39, 0.29) is 17.9 Å². The molecule has 0 aromatic heterocycles. The van der Waals surface area contributed by atoms with Crippen LogP contribution in [0.1, 0.15) is 22.8 Å². The van der Waals surface area contributed by atoms with Crippen LogP contribution in [0.2, 0.25) is 0 Å². The summed E-state index contributed by atoms with van der Waals surface area (Å²) in [6.45, 7) is 3.25. The van der Waals surface area contributed by atoms with Gasteiger partial charge in [-0.15, -0.1) is 11.8 Å². The van der Waals surface area contributed by atoms with Gasteiger partial charge in [-0.25, -0.2) is 0 Å². The minimum atomic E-state index is -0.0699. The molecule has 22 heavy (non-hydrogen) atoms. The quantitative estimate of drug-likeness (QED) is 0.891. The van der Waals surface area contributed by atoms with E-state index in [1.54, 1.807) is 30.8 Å². The van der Waals surface area contributed by atoms with Crippen LogP contribution in [0.4, 0.5) is 0 Å². The minimum Gasteiger partial charge on any atom is -0.345 e. The summed E-state index contributed by atoms with van der Waals surface area (Å²) >= 11 is 1.75. The van der Waals surface area contributed by atoms with Gasteiger partial charge < -0.3 is 9.80 Å². The fourth-order valence-corrected chi connectivity index (χ4v) is 3.28. The SMILES string of the molecule is CCN(Cc1ccc(C(=O)N(C)C)cc1)C(=O)C1CSCN1. The number of likely N-dealkylation sites (N-methyl/N-ethyl adjacent to an activating group) is 1. The van der Waals surface area contributed by atoms with Crippen molar-refractivity contribution in [3.05, 3.63) is 35.4 Å². The first-order chi connectivity index (χ1) is 10.5. The molecule has 2 rings (SSSR count). The zero-order chi connectivity index (χ0) is 16.1. The van der Waals surface area contributed by atoms with E-state index < -0.39 is 0 Å². The first-order valence-electron chi connectivity index (χ1n) is 7.43. The van der Waals surface area contributed by atoms with Crippen LogP contribution in [0.15, 0.2) is 24.3 Å². The molecule has 1 aliphatic rings. The van der Waals surface area contributed by atoms with Crippen LogP contribution in [0.3, 0.4) is 0 Å². The summed E-state index contributed by atoms with van der Waals surface area (Å²) in [5, 5.41) is 3.22. The first-order valence-corrected chi connectivity index (χ1v) is 8.59. The third-order valence-electron chi connectivity index (χ3n) is 3.69. The van der Waals surface area contributed by atoms with E-state index in [0.717, 1.165) is 17.2 Å². The van der Waals surface area contributed by atoms with Crippen LogP contribution in [0.25, 0.3) is 0 Å². The molecule has 0 aliphatic carbocycles. The van der Waals surface area contributed by atoms with Crippen molar-refractivity contribution in [1.82, 2.24) is 15.1 Å². The highest BCUT2D eigenvalue weighted by Gasteiger charge is 2.26. The summed E-state index contributed by atoms with van der Waals surface area (Å²) in [5.74, 6) is 1.82. The number of amides is 2. The zero-order valence-electron chi connectivity index (χ0n) is 13.3. The van der Waals surface area contributed by atoms with E-state index in [2.05, 4.69) is 5.32 Å². The lowest BCUT2D eigenvalue weighted by Gasteiger charge is -2.24. The van der Waals surface area contributed by atoms with Crippen LogP contribution in [-0.4, -0.2) is 59.9 Å². The lowest BCUT2D eigenvalue weighted by molar-refractivity contribution is -0.133. The first kappa shape index (κ1) is 16.8. The monoisotopic (exact) mass is 321 g/mol. The van der Waals surface area contributed by atoms with Gasteiger partial charge in [0.15, 0.2) is 0 Å². The normalized spacial score (nSPS) is 17.3. The second kappa shape index (κ2) is 7.65. The van der Waals surface area contributed by atoms with E-state index >= 15 is 0 Å². The van der Waals surface area contributed by atoms with E-state index in [4.69, 9.17) is 0 Å². The molecule has 1 heterocycles. The highest BCUT2D eigenvalue weighted by Crippen LogP contribution is 2.14. The maximum atomic E-state index is 12.4. The van der Waals surface area contributed by atoms with Crippen molar-refractivity contribution in [2.45, 2.75) is 19.5 Å². The number of hydrogen-bond donors (Lipinski definition) is 1. The zero-order valence-corrected chi connectivity index (χ0v) is 14.2. The Labute approximate surface area is 136 Å². The fraction of sp³-hybridized carbons (Fsp3) is 0.500. The predicted molar refractivity (Wildman–Crippen MR) is 89.8 cm³/mol. The summed E-state index contributed by atoms with van der Waals surface area (Å²) in [6, 6.07) is 7.41. The summed E-state index contributed by atoms with van der Waals surface area (Å²) < 4.78 is 0. The van der Waals surface area contributed by atoms with Gasteiger partial charge in [-0.1, -0.05) is 12.1 Å². The van der Waals surface area contributed by atoms with E-state index in [0.29, 0.717) is 18.7 Å². The molecule has 1 N–H and O–H groups in total. The molecule has 1 atom stereocenters. The Morgan fingerprint density at radius 2 is 1.95 bits per heavy atom. The molecule has 2 amide bonds. The number of carbonyl (C=O) groups is 2. The van der Waals surface area contributed by atoms with Crippen LogP contribution >= 0.6 is 11.8 Å². The summed E-state index contributed by atoms with van der Waals surface area (Å²) in [4.78, 5) is 27.7. The summed E-state index contributed by atoms with van der Waals surface area (Å²) in [6.07, 6.45) is 0. The topological polar surface area (TPSA) is 52.7 Å². The van der Waals surface area contributed by atoms with Gasteiger partial charge in [0, 0.05) is 44.4 Å². The Morgan fingerprint density at radius 1 is 1.27 bits per heavy atom. The van der Waals surface area contributed by atoms with E-state index in [9.17, 15) is 9.59 Å². The Kier molecular flexibility index (Phi) is 5.85. The van der Waals surface area contributed by atoms with Gasteiger partial charge >= 0.3 is 0 Å². The minimum absolute atomic E-state index is 0.0119. The highest BCUT2D eigenvalue weighted by atomic mass is 32.2. The molecule has 6 heteroatoms. The fourth-order valence-electron chi connectivity index (χ4n) is 2.35. The molecule has 120 valence electrons. The third kappa shape index (κ3) is 4.01. The van der Waals surface area contributed by atoms with Crippen LogP contribution in [0.5, 0.6) is 0 Å². The van der Waals surface area contributed by atoms with Crippen LogP contribution < -0.4 is 5.32 Å². The molecule has 1 aromatic carbocycles. The molecule has 1 unspecified atom stereocenters. The lowest BCUT2D eigenvalue weighted by Crippen LogP contribution is -2.44. The van der Waals surface area contributed by atoms with Gasteiger partial charge in [0.1, 0.15) is 0 Å². The Bertz CT molecular complexity index is 525. The number of nitrogens with zero attached hydrogens (tertiary/aromatic N) is 2. The average Bonchev–Trinajstić information content (AvgIpc) is 3.06. The predicted octanol–water partition coefficient (Wildman–Crippen LogP) is 1.40. The summed E-state index contributed by atoms with van der Waals surface area (Å²) in [7, 11) is 3.47. The Hall–Kier alpha value is -1.53. The molecule has 1 aliphatic heterocycles.